The number of amides is 1. The molecule has 0 radical (unpaired) electrons. The third-order valence-electron chi connectivity index (χ3n) is 8.56. The summed E-state index contributed by atoms with van der Waals surface area (Å²) in [7, 11) is 0. The Hall–Kier alpha value is -2.88. The molecule has 1 aliphatic heterocycles. The molecule has 5 atom stereocenters. The average Bonchev–Trinajstić information content (AvgIpc) is 2.94. The van der Waals surface area contributed by atoms with Crippen LogP contribution in [0.15, 0.2) is 36.4 Å². The third kappa shape index (κ3) is 9.80. The number of carbonyl (C=O) groups excluding carboxylic acids is 2. The van der Waals surface area contributed by atoms with Gasteiger partial charge in [-0.1, -0.05) is 91.0 Å². The summed E-state index contributed by atoms with van der Waals surface area (Å²) in [5, 5.41) is 40.7. The molecule has 1 amide bonds. The van der Waals surface area contributed by atoms with Crippen LogP contribution >= 0.6 is 0 Å². The van der Waals surface area contributed by atoms with E-state index in [1.807, 2.05) is 40.7 Å². The predicted molar refractivity (Wildman–Crippen MR) is 179 cm³/mol. The van der Waals surface area contributed by atoms with Crippen molar-refractivity contribution in [2.75, 3.05) is 6.61 Å². The van der Waals surface area contributed by atoms with Crippen LogP contribution in [0.5, 0.6) is 0 Å². The topological polar surface area (TPSA) is 150 Å². The molecule has 8 nitrogen and oxygen atoms in total. The first kappa shape index (κ1) is 38.3. The van der Waals surface area contributed by atoms with Crippen LogP contribution in [0.4, 0.5) is 0 Å². The van der Waals surface area contributed by atoms with E-state index in [2.05, 4.69) is 57.2 Å². The van der Waals surface area contributed by atoms with Gasteiger partial charge in [0.25, 0.3) is 0 Å². The molecule has 0 aromatic heterocycles. The number of benzene rings is 2. The van der Waals surface area contributed by atoms with Gasteiger partial charge in [0.05, 0.1) is 12.0 Å². The second kappa shape index (κ2) is 15.6. The fourth-order valence-electron chi connectivity index (χ4n) is 5.32. The first-order valence-electron chi connectivity index (χ1n) is 15.7. The summed E-state index contributed by atoms with van der Waals surface area (Å²) in [4.78, 5) is 22.5. The molecular weight excluding hydrogens is 570 g/mol. The maximum absolute atomic E-state index is 11.6. The number of primary amides is 1. The van der Waals surface area contributed by atoms with E-state index in [0.717, 1.165) is 23.1 Å². The van der Waals surface area contributed by atoms with Crippen molar-refractivity contribution in [2.45, 2.75) is 119 Å². The Balaban J connectivity index is 0.000000459. The number of rotatable bonds is 9. The van der Waals surface area contributed by atoms with E-state index in [9.17, 15) is 30.0 Å². The highest BCUT2D eigenvalue weighted by Gasteiger charge is 2.44. The van der Waals surface area contributed by atoms with Gasteiger partial charge in [-0.2, -0.15) is 0 Å². The zero-order valence-corrected chi connectivity index (χ0v) is 28.7. The Bertz CT molecular complexity index is 1350. The number of allylic oxidation sites excluding steroid dienone is 1. The van der Waals surface area contributed by atoms with Gasteiger partial charge in [0.1, 0.15) is 36.3 Å². The highest BCUT2D eigenvalue weighted by molar-refractivity contribution is 5.90. The van der Waals surface area contributed by atoms with Crippen molar-refractivity contribution in [3.63, 3.8) is 0 Å². The lowest BCUT2D eigenvalue weighted by atomic mass is 9.78. The van der Waals surface area contributed by atoms with E-state index in [4.69, 9.17) is 10.5 Å². The fraction of sp³-hybridized carbons (Fsp3) is 0.568. The van der Waals surface area contributed by atoms with Crippen LogP contribution in [0, 0.1) is 24.7 Å². The number of carbonyl (C=O) groups is 2. The minimum Gasteiger partial charge on any atom is -0.394 e. The number of ketones is 1. The highest BCUT2D eigenvalue weighted by atomic mass is 16.5. The third-order valence-corrected chi connectivity index (χ3v) is 8.56. The number of hydrogen-bond donors (Lipinski definition) is 5. The summed E-state index contributed by atoms with van der Waals surface area (Å²) in [5.74, 6) is -0.0449. The van der Waals surface area contributed by atoms with Crippen LogP contribution in [0.3, 0.4) is 0 Å². The largest absolute Gasteiger partial charge is 0.394 e. The Morgan fingerprint density at radius 2 is 1.56 bits per heavy atom. The van der Waals surface area contributed by atoms with Gasteiger partial charge in [-0.3, -0.25) is 9.59 Å². The fourth-order valence-corrected chi connectivity index (χ4v) is 5.32. The zero-order chi connectivity index (χ0) is 34.4. The smallest absolute Gasteiger partial charge is 0.223 e. The van der Waals surface area contributed by atoms with Crippen LogP contribution < -0.4 is 5.73 Å². The Labute approximate surface area is 269 Å². The van der Waals surface area contributed by atoms with Gasteiger partial charge >= 0.3 is 0 Å². The molecule has 8 heteroatoms. The summed E-state index contributed by atoms with van der Waals surface area (Å²) in [6.07, 6.45) is -0.731. The van der Waals surface area contributed by atoms with Gasteiger partial charge in [0, 0.05) is 11.8 Å². The van der Waals surface area contributed by atoms with Gasteiger partial charge < -0.3 is 30.9 Å². The summed E-state index contributed by atoms with van der Waals surface area (Å²) in [6, 6.07) is 10.6. The van der Waals surface area contributed by atoms with E-state index in [0.29, 0.717) is 5.92 Å². The number of nitrogens with two attached hydrogens (primary N) is 1. The number of aliphatic hydroxyl groups excluding tert-OH is 4. The first-order valence-corrected chi connectivity index (χ1v) is 15.7. The molecule has 1 heterocycles. The Morgan fingerprint density at radius 1 is 0.933 bits per heavy atom. The molecule has 0 spiro atoms. The molecule has 0 aliphatic carbocycles. The van der Waals surface area contributed by atoms with Crippen molar-refractivity contribution in [3.8, 4) is 0 Å². The van der Waals surface area contributed by atoms with E-state index in [-0.39, 0.29) is 12.2 Å². The van der Waals surface area contributed by atoms with E-state index in [1.54, 1.807) is 13.8 Å². The van der Waals surface area contributed by atoms with Gasteiger partial charge in [-0.05, 0) is 72.1 Å². The van der Waals surface area contributed by atoms with Crippen LogP contribution in [-0.2, 0) is 20.7 Å². The molecule has 1 aliphatic rings. The molecule has 2 aromatic carbocycles. The van der Waals surface area contributed by atoms with Crippen molar-refractivity contribution in [2.24, 2.45) is 16.6 Å². The SMILES string of the molecule is C/C=C/c1ccc(Cc2cc([C@@H]3O[C@H](CO)[C@@H](O)[C@H](O)[C@H]3O)c(C)cc2C(C)C)c(C)c1.CC(C)(C)C(=O)CC(C)(C)C(N)=O. The predicted octanol–water partition coefficient (Wildman–Crippen LogP) is 5.07. The molecule has 3 rings (SSSR count). The highest BCUT2D eigenvalue weighted by Crippen LogP contribution is 2.37. The molecular formula is C37H55NO7. The molecule has 0 unspecified atom stereocenters. The number of aryl methyl sites for hydroxylation is 2. The van der Waals surface area contributed by atoms with Gasteiger partial charge in [0.15, 0.2) is 0 Å². The summed E-state index contributed by atoms with van der Waals surface area (Å²) in [6.45, 7) is 18.9. The first-order chi connectivity index (χ1) is 20.7. The minimum absolute atomic E-state index is 0.0660. The van der Waals surface area contributed by atoms with Crippen LogP contribution in [-0.4, -0.2) is 63.1 Å². The van der Waals surface area contributed by atoms with E-state index in [1.165, 1.54) is 22.3 Å². The summed E-state index contributed by atoms with van der Waals surface area (Å²) >= 11 is 0. The molecule has 1 saturated heterocycles. The van der Waals surface area contributed by atoms with Crippen LogP contribution in [0.1, 0.15) is 113 Å². The van der Waals surface area contributed by atoms with Crippen molar-refractivity contribution >= 4 is 17.8 Å². The molecule has 2 aromatic rings. The van der Waals surface area contributed by atoms with Crippen molar-refractivity contribution in [3.05, 3.63) is 75.4 Å². The molecule has 0 saturated carbocycles. The standard InChI is InChI=1S/C27H36O5.C10H19NO2/c1-6-7-18-8-9-19(16(4)10-18)12-20-13-22(17(5)11-21(20)15(2)3)27-26(31)25(30)24(29)23(14-28)32-27;1-9(2,3)7(12)6-10(4,5)8(11)13/h6-11,13,15,23-31H,12,14H2,1-5H3;6H2,1-5H3,(H2,11,13)/b7-6+;/t23-,24-,25+,26-,27+;/m1./s1. The number of aliphatic hydroxyl groups is 4. The minimum atomic E-state index is -1.39. The second-order valence-corrected chi connectivity index (χ2v) is 14.3. The molecule has 0 bridgehead atoms. The normalized spacial score (nSPS) is 22.3. The molecule has 6 N–H and O–H groups in total. The van der Waals surface area contributed by atoms with Crippen molar-refractivity contribution in [1.82, 2.24) is 0 Å². The van der Waals surface area contributed by atoms with E-state index < -0.39 is 53.9 Å². The number of hydrogen-bond acceptors (Lipinski definition) is 7. The van der Waals surface area contributed by atoms with Crippen molar-refractivity contribution < 1.29 is 34.8 Å². The average molecular weight is 626 g/mol. The van der Waals surface area contributed by atoms with Crippen LogP contribution in [0.25, 0.3) is 6.08 Å². The van der Waals surface area contributed by atoms with Gasteiger partial charge in [-0.15, -0.1) is 0 Å². The van der Waals surface area contributed by atoms with Crippen LogP contribution in [0.2, 0.25) is 0 Å². The van der Waals surface area contributed by atoms with Gasteiger partial charge in [-0.25, -0.2) is 0 Å². The molecule has 250 valence electrons. The Morgan fingerprint density at radius 3 is 2.04 bits per heavy atom. The van der Waals surface area contributed by atoms with Crippen molar-refractivity contribution in [1.29, 1.82) is 0 Å². The van der Waals surface area contributed by atoms with Gasteiger partial charge in [0.2, 0.25) is 5.91 Å². The maximum atomic E-state index is 11.6. The molecule has 45 heavy (non-hydrogen) atoms. The Kier molecular flexibility index (Phi) is 13.3. The summed E-state index contributed by atoms with van der Waals surface area (Å²) < 4.78 is 5.85. The lowest BCUT2D eigenvalue weighted by Gasteiger charge is -2.41. The second-order valence-electron chi connectivity index (χ2n) is 14.3. The number of ether oxygens (including phenoxy) is 1. The lowest BCUT2D eigenvalue weighted by molar-refractivity contribution is -0.231. The maximum Gasteiger partial charge on any atom is 0.223 e. The zero-order valence-electron chi connectivity index (χ0n) is 28.7. The lowest BCUT2D eigenvalue weighted by Crippen LogP contribution is -2.55. The summed E-state index contributed by atoms with van der Waals surface area (Å²) in [5.41, 5.74) is 11.7. The monoisotopic (exact) mass is 625 g/mol. The van der Waals surface area contributed by atoms with E-state index >= 15 is 0 Å². The quantitative estimate of drug-likeness (QED) is 0.261. The number of Topliss-reactive ketones (excluding diaryl/α,β-unsaturated/α-hetero) is 1. The molecule has 1 fully saturated rings.